The van der Waals surface area contributed by atoms with Crippen molar-refractivity contribution in [2.45, 2.75) is 50.5 Å². The minimum Gasteiger partial charge on any atom is -0.494 e. The number of benzene rings is 2. The molecule has 0 spiro atoms. The number of rotatable bonds is 5. The van der Waals surface area contributed by atoms with Crippen LogP contribution < -0.4 is 4.74 Å². The van der Waals surface area contributed by atoms with Gasteiger partial charge in [-0.1, -0.05) is 29.8 Å². The molecule has 6 nitrogen and oxygen atoms in total. The summed E-state index contributed by atoms with van der Waals surface area (Å²) in [5.74, 6) is -1.38. The molecule has 0 saturated carbocycles. The molecule has 5 atom stereocenters. The van der Waals surface area contributed by atoms with Crippen LogP contribution in [0.2, 0.25) is 5.02 Å². The van der Waals surface area contributed by atoms with Gasteiger partial charge in [-0.15, -0.1) is 0 Å². The lowest BCUT2D eigenvalue weighted by Gasteiger charge is -2.45. The second kappa shape index (κ2) is 8.37. The molecule has 1 fully saturated rings. The van der Waals surface area contributed by atoms with Crippen LogP contribution in [0.25, 0.3) is 0 Å². The Kier molecular flexibility index (Phi) is 6.29. The highest BCUT2D eigenvalue weighted by Crippen LogP contribution is 2.37. The molecule has 28 heavy (non-hydrogen) atoms. The van der Waals surface area contributed by atoms with Gasteiger partial charge in [0.05, 0.1) is 12.7 Å². The average molecular weight is 409 g/mol. The van der Waals surface area contributed by atoms with E-state index in [1.165, 1.54) is 13.0 Å². The van der Waals surface area contributed by atoms with E-state index in [-0.39, 0.29) is 5.56 Å². The fourth-order valence-electron chi connectivity index (χ4n) is 3.38. The van der Waals surface area contributed by atoms with Crippen molar-refractivity contribution in [3.05, 3.63) is 64.2 Å². The fraction of sp³-hybridized carbons (Fsp3) is 0.429. The highest BCUT2D eigenvalue weighted by Gasteiger charge is 2.52. The maximum Gasteiger partial charge on any atom is 0.222 e. The van der Waals surface area contributed by atoms with E-state index < -0.39 is 30.2 Å². The minimum absolute atomic E-state index is 0.253. The summed E-state index contributed by atoms with van der Waals surface area (Å²) in [6.07, 6.45) is -4.93. The van der Waals surface area contributed by atoms with E-state index in [9.17, 15) is 20.4 Å². The highest BCUT2D eigenvalue weighted by atomic mass is 35.5. The van der Waals surface area contributed by atoms with Crippen molar-refractivity contribution in [1.29, 1.82) is 0 Å². The summed E-state index contributed by atoms with van der Waals surface area (Å²) in [7, 11) is 0. The van der Waals surface area contributed by atoms with Crippen LogP contribution in [0, 0.1) is 0 Å². The van der Waals surface area contributed by atoms with Crippen LogP contribution in [0.5, 0.6) is 5.75 Å². The van der Waals surface area contributed by atoms with Crippen LogP contribution in [0.4, 0.5) is 0 Å². The lowest BCUT2D eigenvalue weighted by Crippen LogP contribution is -2.62. The first kappa shape index (κ1) is 21.0. The molecule has 152 valence electrons. The molecule has 1 aliphatic rings. The van der Waals surface area contributed by atoms with Crippen molar-refractivity contribution in [3.8, 4) is 5.75 Å². The molecule has 0 amide bonds. The maximum atomic E-state index is 10.9. The number of hydrogen-bond donors (Lipinski definition) is 4. The van der Waals surface area contributed by atoms with Gasteiger partial charge in [0.25, 0.3) is 0 Å². The molecular formula is C21H25ClO6. The van der Waals surface area contributed by atoms with Gasteiger partial charge in [0.1, 0.15) is 24.1 Å². The van der Waals surface area contributed by atoms with Crippen molar-refractivity contribution >= 4 is 11.6 Å². The first-order valence-electron chi connectivity index (χ1n) is 9.21. The summed E-state index contributed by atoms with van der Waals surface area (Å²) in [5.41, 5.74) is 1.97. The summed E-state index contributed by atoms with van der Waals surface area (Å²) in [6, 6.07) is 12.4. The normalized spacial score (nSPS) is 30.2. The Morgan fingerprint density at radius 2 is 1.75 bits per heavy atom. The van der Waals surface area contributed by atoms with Crippen LogP contribution in [-0.4, -0.2) is 51.4 Å². The lowest BCUT2D eigenvalue weighted by molar-refractivity contribution is -0.351. The molecule has 1 heterocycles. The number of aliphatic hydroxyl groups is 4. The molecule has 1 aliphatic heterocycles. The Hall–Kier alpha value is -1.67. The zero-order chi connectivity index (χ0) is 20.5. The van der Waals surface area contributed by atoms with Gasteiger partial charge in [0, 0.05) is 10.6 Å². The van der Waals surface area contributed by atoms with E-state index in [0.29, 0.717) is 18.1 Å². The summed E-state index contributed by atoms with van der Waals surface area (Å²) in [4.78, 5) is 0. The fourth-order valence-corrected chi connectivity index (χ4v) is 3.57. The van der Waals surface area contributed by atoms with Gasteiger partial charge in [-0.3, -0.25) is 0 Å². The zero-order valence-corrected chi connectivity index (χ0v) is 16.5. The summed E-state index contributed by atoms with van der Waals surface area (Å²) in [6.45, 7) is 4.02. The van der Waals surface area contributed by atoms with Gasteiger partial charge < -0.3 is 29.9 Å². The average Bonchev–Trinajstić information content (AvgIpc) is 2.68. The Bertz CT molecular complexity index is 811. The maximum absolute atomic E-state index is 10.9. The Labute approximate surface area is 168 Å². The van der Waals surface area contributed by atoms with Gasteiger partial charge in [-0.2, -0.15) is 0 Å². The summed E-state index contributed by atoms with van der Waals surface area (Å²) in [5, 5.41) is 41.7. The molecule has 0 radical (unpaired) electrons. The number of halogens is 1. The van der Waals surface area contributed by atoms with E-state index in [1.807, 2.05) is 31.2 Å². The lowest BCUT2D eigenvalue weighted by atomic mass is 9.87. The first-order chi connectivity index (χ1) is 13.3. The SMILES string of the molecule is CCOc1ccc(Cc2cc(C3(O)O[C@H](C)[C@@H](O)[C@H](O)[C@H]3O)ccc2Cl)cc1. The van der Waals surface area contributed by atoms with Gasteiger partial charge in [0.15, 0.2) is 0 Å². The van der Waals surface area contributed by atoms with E-state index in [4.69, 9.17) is 21.1 Å². The molecule has 7 heteroatoms. The van der Waals surface area contributed by atoms with Crippen LogP contribution in [0.15, 0.2) is 42.5 Å². The molecule has 0 bridgehead atoms. The standard InChI is InChI=1S/C21H25ClO6/c1-3-27-16-7-4-13(5-8-16)10-14-11-15(6-9-17(14)22)21(26)20(25)19(24)18(23)12(2)28-21/h4-9,11-12,18-20,23-26H,3,10H2,1-2H3/t12-,18-,19+,20-,21?/m1/s1. The second-order valence-corrected chi connectivity index (χ2v) is 7.41. The molecule has 2 aromatic rings. The smallest absolute Gasteiger partial charge is 0.222 e. The Morgan fingerprint density at radius 3 is 2.39 bits per heavy atom. The zero-order valence-electron chi connectivity index (χ0n) is 15.7. The number of hydrogen-bond acceptors (Lipinski definition) is 6. The van der Waals surface area contributed by atoms with E-state index >= 15 is 0 Å². The third kappa shape index (κ3) is 4.03. The molecule has 2 aromatic carbocycles. The number of ether oxygens (including phenoxy) is 2. The van der Waals surface area contributed by atoms with Crippen molar-refractivity contribution < 1.29 is 29.9 Å². The van der Waals surface area contributed by atoms with Crippen molar-refractivity contribution in [1.82, 2.24) is 0 Å². The Balaban J connectivity index is 1.88. The molecule has 1 unspecified atom stereocenters. The molecule has 4 N–H and O–H groups in total. The summed E-state index contributed by atoms with van der Waals surface area (Å²) < 4.78 is 10.9. The van der Waals surface area contributed by atoms with Crippen LogP contribution in [0.1, 0.15) is 30.5 Å². The monoisotopic (exact) mass is 408 g/mol. The topological polar surface area (TPSA) is 99.4 Å². The van der Waals surface area contributed by atoms with E-state index in [1.54, 1.807) is 12.1 Å². The Morgan fingerprint density at radius 1 is 1.07 bits per heavy atom. The molecular weight excluding hydrogens is 384 g/mol. The second-order valence-electron chi connectivity index (χ2n) is 7.01. The molecule has 1 saturated heterocycles. The minimum atomic E-state index is -2.16. The van der Waals surface area contributed by atoms with Gasteiger partial charge in [-0.25, -0.2) is 0 Å². The van der Waals surface area contributed by atoms with Gasteiger partial charge in [0.2, 0.25) is 5.79 Å². The largest absolute Gasteiger partial charge is 0.494 e. The van der Waals surface area contributed by atoms with Crippen LogP contribution in [0.3, 0.4) is 0 Å². The highest BCUT2D eigenvalue weighted by molar-refractivity contribution is 6.31. The summed E-state index contributed by atoms with van der Waals surface area (Å²) >= 11 is 6.33. The number of aliphatic hydroxyl groups excluding tert-OH is 3. The third-order valence-corrected chi connectivity index (χ3v) is 5.38. The van der Waals surface area contributed by atoms with Crippen LogP contribution >= 0.6 is 11.6 Å². The predicted octanol–water partition coefficient (Wildman–Crippen LogP) is 1.98. The first-order valence-corrected chi connectivity index (χ1v) is 9.59. The van der Waals surface area contributed by atoms with Crippen LogP contribution in [-0.2, 0) is 16.9 Å². The molecule has 3 rings (SSSR count). The molecule has 0 aliphatic carbocycles. The van der Waals surface area contributed by atoms with Gasteiger partial charge in [-0.05, 0) is 55.7 Å². The van der Waals surface area contributed by atoms with E-state index in [0.717, 1.165) is 16.9 Å². The van der Waals surface area contributed by atoms with Gasteiger partial charge >= 0.3 is 0 Å². The van der Waals surface area contributed by atoms with Crippen molar-refractivity contribution in [2.24, 2.45) is 0 Å². The quantitative estimate of drug-likeness (QED) is 0.603. The third-order valence-electron chi connectivity index (χ3n) is 5.01. The molecule has 0 aromatic heterocycles. The van der Waals surface area contributed by atoms with E-state index in [2.05, 4.69) is 0 Å². The predicted molar refractivity (Wildman–Crippen MR) is 104 cm³/mol. The van der Waals surface area contributed by atoms with Crippen molar-refractivity contribution in [3.63, 3.8) is 0 Å². The van der Waals surface area contributed by atoms with Crippen molar-refractivity contribution in [2.75, 3.05) is 6.61 Å².